The maximum atomic E-state index is 12.7. The molecular weight excluding hydrogens is 258 g/mol. The SMILES string of the molecule is COc1cccc(C(=O)N2CCCCC2CO)c1OC. The van der Waals surface area contributed by atoms with Crippen LogP contribution in [0, 0.1) is 0 Å². The molecule has 2 rings (SSSR count). The zero-order chi connectivity index (χ0) is 14.5. The fourth-order valence-corrected chi connectivity index (χ4v) is 2.67. The van der Waals surface area contributed by atoms with E-state index in [-0.39, 0.29) is 18.6 Å². The third-order valence-corrected chi connectivity index (χ3v) is 3.73. The van der Waals surface area contributed by atoms with Crippen LogP contribution in [0.25, 0.3) is 0 Å². The predicted octanol–water partition coefficient (Wildman–Crippen LogP) is 1.69. The Morgan fingerprint density at radius 2 is 2.15 bits per heavy atom. The number of para-hydroxylation sites is 1. The lowest BCUT2D eigenvalue weighted by atomic mass is 10.0. The van der Waals surface area contributed by atoms with Crippen molar-refractivity contribution in [3.63, 3.8) is 0 Å². The van der Waals surface area contributed by atoms with Gasteiger partial charge in [-0.1, -0.05) is 6.07 Å². The molecule has 0 spiro atoms. The lowest BCUT2D eigenvalue weighted by Gasteiger charge is -2.35. The first kappa shape index (κ1) is 14.7. The number of methoxy groups -OCH3 is 2. The van der Waals surface area contributed by atoms with Gasteiger partial charge in [0.25, 0.3) is 5.91 Å². The standard InChI is InChI=1S/C15H21NO4/c1-19-13-8-5-7-12(14(13)20-2)15(18)16-9-4-3-6-11(16)10-17/h5,7-8,11,17H,3-4,6,9-10H2,1-2H3. The van der Waals surface area contributed by atoms with Crippen LogP contribution in [-0.4, -0.2) is 49.3 Å². The van der Waals surface area contributed by atoms with E-state index in [9.17, 15) is 9.90 Å². The van der Waals surface area contributed by atoms with Crippen molar-refractivity contribution < 1.29 is 19.4 Å². The Bertz CT molecular complexity index is 475. The molecule has 0 aromatic heterocycles. The van der Waals surface area contributed by atoms with Crippen molar-refractivity contribution in [3.05, 3.63) is 23.8 Å². The van der Waals surface area contributed by atoms with Crippen molar-refractivity contribution >= 4 is 5.91 Å². The molecule has 1 unspecified atom stereocenters. The Morgan fingerprint density at radius 1 is 1.35 bits per heavy atom. The topological polar surface area (TPSA) is 59.0 Å². The van der Waals surface area contributed by atoms with E-state index in [1.165, 1.54) is 7.11 Å². The maximum Gasteiger partial charge on any atom is 0.258 e. The van der Waals surface area contributed by atoms with Gasteiger partial charge in [-0.2, -0.15) is 0 Å². The molecule has 5 heteroatoms. The average Bonchev–Trinajstić information content (AvgIpc) is 2.53. The molecule has 0 aliphatic carbocycles. The van der Waals surface area contributed by atoms with Crippen LogP contribution in [0.1, 0.15) is 29.6 Å². The summed E-state index contributed by atoms with van der Waals surface area (Å²) in [5.74, 6) is 0.873. The van der Waals surface area contributed by atoms with Crippen LogP contribution in [0.5, 0.6) is 11.5 Å². The number of aliphatic hydroxyl groups excluding tert-OH is 1. The van der Waals surface area contributed by atoms with Gasteiger partial charge in [0.2, 0.25) is 0 Å². The number of piperidine rings is 1. The highest BCUT2D eigenvalue weighted by Gasteiger charge is 2.29. The monoisotopic (exact) mass is 279 g/mol. The Labute approximate surface area is 119 Å². The second kappa shape index (κ2) is 6.61. The number of rotatable bonds is 4. The van der Waals surface area contributed by atoms with Crippen LogP contribution >= 0.6 is 0 Å². The molecule has 0 bridgehead atoms. The second-order valence-electron chi connectivity index (χ2n) is 4.87. The van der Waals surface area contributed by atoms with Crippen LogP contribution in [-0.2, 0) is 0 Å². The van der Waals surface area contributed by atoms with Gasteiger partial charge in [-0.25, -0.2) is 0 Å². The van der Waals surface area contributed by atoms with Gasteiger partial charge in [0.15, 0.2) is 11.5 Å². The van der Waals surface area contributed by atoms with Gasteiger partial charge >= 0.3 is 0 Å². The Kier molecular flexibility index (Phi) is 4.84. The first-order chi connectivity index (χ1) is 9.72. The zero-order valence-corrected chi connectivity index (χ0v) is 12.0. The van der Waals surface area contributed by atoms with Crippen LogP contribution in [0.15, 0.2) is 18.2 Å². The molecule has 1 aromatic rings. The van der Waals surface area contributed by atoms with E-state index in [1.54, 1.807) is 30.2 Å². The molecule has 110 valence electrons. The van der Waals surface area contributed by atoms with Gasteiger partial charge in [0, 0.05) is 6.54 Å². The second-order valence-corrected chi connectivity index (χ2v) is 4.87. The molecule has 20 heavy (non-hydrogen) atoms. The number of nitrogens with zero attached hydrogens (tertiary/aromatic N) is 1. The highest BCUT2D eigenvalue weighted by atomic mass is 16.5. The molecule has 1 amide bonds. The van der Waals surface area contributed by atoms with Crippen LogP contribution in [0.2, 0.25) is 0 Å². The molecule has 1 saturated heterocycles. The minimum Gasteiger partial charge on any atom is -0.493 e. The van der Waals surface area contributed by atoms with Crippen LogP contribution < -0.4 is 9.47 Å². The summed E-state index contributed by atoms with van der Waals surface area (Å²) in [6.07, 6.45) is 2.85. The summed E-state index contributed by atoms with van der Waals surface area (Å²) in [5, 5.41) is 9.43. The smallest absolute Gasteiger partial charge is 0.258 e. The van der Waals surface area contributed by atoms with Crippen molar-refractivity contribution in [3.8, 4) is 11.5 Å². The highest BCUT2D eigenvalue weighted by Crippen LogP contribution is 2.32. The number of hydrogen-bond donors (Lipinski definition) is 1. The number of ether oxygens (including phenoxy) is 2. The van der Waals surface area contributed by atoms with Gasteiger partial charge in [-0.3, -0.25) is 4.79 Å². The zero-order valence-electron chi connectivity index (χ0n) is 12.0. The Hall–Kier alpha value is -1.75. The number of hydrogen-bond acceptors (Lipinski definition) is 4. The average molecular weight is 279 g/mol. The molecule has 1 aliphatic heterocycles. The van der Waals surface area contributed by atoms with Crippen molar-refractivity contribution in [1.82, 2.24) is 4.90 Å². The van der Waals surface area contributed by atoms with Crippen molar-refractivity contribution in [1.29, 1.82) is 0 Å². The first-order valence-corrected chi connectivity index (χ1v) is 6.85. The summed E-state index contributed by atoms with van der Waals surface area (Å²) in [5.41, 5.74) is 0.479. The molecule has 1 fully saturated rings. The van der Waals surface area contributed by atoms with E-state index < -0.39 is 0 Å². The lowest BCUT2D eigenvalue weighted by Crippen LogP contribution is -2.45. The minimum atomic E-state index is -0.112. The van der Waals surface area contributed by atoms with E-state index in [0.717, 1.165) is 19.3 Å². The molecule has 0 radical (unpaired) electrons. The van der Waals surface area contributed by atoms with Gasteiger partial charge < -0.3 is 19.5 Å². The number of likely N-dealkylation sites (tertiary alicyclic amines) is 1. The van der Waals surface area contributed by atoms with Crippen LogP contribution in [0.3, 0.4) is 0 Å². The summed E-state index contributed by atoms with van der Waals surface area (Å²) in [6, 6.07) is 5.15. The van der Waals surface area contributed by atoms with Gasteiger partial charge in [0.05, 0.1) is 32.4 Å². The molecule has 1 N–H and O–H groups in total. The summed E-state index contributed by atoms with van der Waals surface area (Å²) < 4.78 is 10.5. The molecule has 5 nitrogen and oxygen atoms in total. The van der Waals surface area contributed by atoms with E-state index in [2.05, 4.69) is 0 Å². The van der Waals surface area contributed by atoms with Crippen molar-refractivity contribution in [2.75, 3.05) is 27.4 Å². The number of aliphatic hydroxyl groups is 1. The van der Waals surface area contributed by atoms with E-state index >= 15 is 0 Å². The number of carbonyl (C=O) groups is 1. The molecule has 1 atom stereocenters. The quantitative estimate of drug-likeness (QED) is 0.911. The third kappa shape index (κ3) is 2.72. The largest absolute Gasteiger partial charge is 0.493 e. The van der Waals surface area contributed by atoms with E-state index in [4.69, 9.17) is 9.47 Å². The Balaban J connectivity index is 2.32. The van der Waals surface area contributed by atoms with Crippen LogP contribution in [0.4, 0.5) is 0 Å². The summed E-state index contributed by atoms with van der Waals surface area (Å²) in [6.45, 7) is 0.669. The number of carbonyl (C=O) groups excluding carboxylic acids is 1. The lowest BCUT2D eigenvalue weighted by molar-refractivity contribution is 0.0499. The van der Waals surface area contributed by atoms with E-state index in [1.807, 2.05) is 0 Å². The fraction of sp³-hybridized carbons (Fsp3) is 0.533. The number of amides is 1. The summed E-state index contributed by atoms with van der Waals surface area (Å²) in [4.78, 5) is 14.4. The summed E-state index contributed by atoms with van der Waals surface area (Å²) >= 11 is 0. The molecular formula is C15H21NO4. The van der Waals surface area contributed by atoms with Gasteiger partial charge in [-0.05, 0) is 31.4 Å². The normalized spacial score (nSPS) is 18.8. The van der Waals surface area contributed by atoms with Gasteiger partial charge in [0.1, 0.15) is 0 Å². The maximum absolute atomic E-state index is 12.7. The summed E-state index contributed by atoms with van der Waals surface area (Å²) in [7, 11) is 3.07. The molecule has 1 heterocycles. The van der Waals surface area contributed by atoms with E-state index in [0.29, 0.717) is 23.6 Å². The van der Waals surface area contributed by atoms with Crippen molar-refractivity contribution in [2.45, 2.75) is 25.3 Å². The third-order valence-electron chi connectivity index (χ3n) is 3.73. The first-order valence-electron chi connectivity index (χ1n) is 6.85. The highest BCUT2D eigenvalue weighted by molar-refractivity contribution is 5.98. The Morgan fingerprint density at radius 3 is 2.80 bits per heavy atom. The predicted molar refractivity (Wildman–Crippen MR) is 75.3 cm³/mol. The van der Waals surface area contributed by atoms with Gasteiger partial charge in [-0.15, -0.1) is 0 Å². The molecule has 1 aromatic carbocycles. The minimum absolute atomic E-state index is 0.00196. The fourth-order valence-electron chi connectivity index (χ4n) is 2.67. The van der Waals surface area contributed by atoms with Crippen molar-refractivity contribution in [2.24, 2.45) is 0 Å². The molecule has 0 saturated carbocycles. The molecule has 1 aliphatic rings. The number of benzene rings is 1.